The van der Waals surface area contributed by atoms with Gasteiger partial charge in [0.2, 0.25) is 11.8 Å². The maximum atomic E-state index is 12.5. The van der Waals surface area contributed by atoms with Crippen molar-refractivity contribution in [1.29, 1.82) is 0 Å². The highest BCUT2D eigenvalue weighted by atomic mass is 32.2. The van der Waals surface area contributed by atoms with Crippen molar-refractivity contribution in [3.05, 3.63) is 59.5 Å². The predicted molar refractivity (Wildman–Crippen MR) is 119 cm³/mol. The Morgan fingerprint density at radius 1 is 1.10 bits per heavy atom. The quantitative estimate of drug-likeness (QED) is 0.589. The van der Waals surface area contributed by atoms with Gasteiger partial charge in [0.1, 0.15) is 0 Å². The summed E-state index contributed by atoms with van der Waals surface area (Å²) in [6.45, 7) is 0. The van der Waals surface area contributed by atoms with Crippen LogP contribution in [0.3, 0.4) is 0 Å². The topological polar surface area (TPSA) is 91.4 Å². The molecule has 1 aliphatic heterocycles. The number of hydrogen-bond donors (Lipinski definition) is 2. The number of carbonyl (C=O) groups is 3. The van der Waals surface area contributed by atoms with Crippen molar-refractivity contribution >= 4 is 51.6 Å². The second-order valence-corrected chi connectivity index (χ2v) is 8.27. The first kappa shape index (κ1) is 20.1. The largest absolute Gasteiger partial charge is 0.298 e. The van der Waals surface area contributed by atoms with E-state index in [1.165, 1.54) is 21.2 Å². The van der Waals surface area contributed by atoms with Crippen LogP contribution >= 0.6 is 23.1 Å². The highest BCUT2D eigenvalue weighted by molar-refractivity contribution is 7.98. The zero-order valence-corrected chi connectivity index (χ0v) is 17.7. The Hall–Kier alpha value is -3.17. The molecule has 3 aromatic rings. The number of nitrogens with one attached hydrogen (secondary N) is 2. The van der Waals surface area contributed by atoms with Crippen molar-refractivity contribution in [3.63, 3.8) is 0 Å². The van der Waals surface area contributed by atoms with Crippen molar-refractivity contribution < 1.29 is 14.4 Å². The van der Waals surface area contributed by atoms with Gasteiger partial charge in [-0.1, -0.05) is 12.1 Å². The van der Waals surface area contributed by atoms with Gasteiger partial charge in [0.15, 0.2) is 5.13 Å². The maximum absolute atomic E-state index is 12.5. The van der Waals surface area contributed by atoms with E-state index in [4.69, 9.17) is 0 Å². The van der Waals surface area contributed by atoms with E-state index < -0.39 is 0 Å². The highest BCUT2D eigenvalue weighted by Crippen LogP contribution is 2.27. The first-order valence-corrected chi connectivity index (χ1v) is 11.3. The molecule has 1 aliphatic rings. The summed E-state index contributed by atoms with van der Waals surface area (Å²) < 4.78 is 0. The monoisotopic (exact) mass is 438 g/mol. The van der Waals surface area contributed by atoms with Crippen LogP contribution in [-0.4, -0.2) is 29.0 Å². The van der Waals surface area contributed by atoms with Gasteiger partial charge in [-0.15, -0.1) is 23.1 Å². The minimum atomic E-state index is -0.297. The number of benzene rings is 2. The Balaban J connectivity index is 1.43. The van der Waals surface area contributed by atoms with Gasteiger partial charge < -0.3 is 0 Å². The Bertz CT molecular complexity index is 1090. The van der Waals surface area contributed by atoms with E-state index in [1.54, 1.807) is 36.0 Å². The lowest BCUT2D eigenvalue weighted by Gasteiger charge is -2.27. The minimum Gasteiger partial charge on any atom is -0.298 e. The number of thioether (sulfide) groups is 1. The zero-order chi connectivity index (χ0) is 21.1. The van der Waals surface area contributed by atoms with Crippen LogP contribution in [0.15, 0.2) is 58.8 Å². The van der Waals surface area contributed by atoms with Crippen molar-refractivity contribution in [2.75, 3.05) is 16.6 Å². The number of carbonyl (C=O) groups excluding carboxylic acids is 3. The molecule has 4 rings (SSSR count). The van der Waals surface area contributed by atoms with Crippen LogP contribution in [0.5, 0.6) is 0 Å². The molecule has 2 aromatic carbocycles. The zero-order valence-electron chi connectivity index (χ0n) is 16.0. The molecule has 3 amide bonds. The molecule has 2 heterocycles. The molecule has 0 aliphatic carbocycles. The second-order valence-electron chi connectivity index (χ2n) is 6.53. The molecule has 7 nitrogen and oxygen atoms in total. The summed E-state index contributed by atoms with van der Waals surface area (Å²) in [5.74, 6) is -0.694. The van der Waals surface area contributed by atoms with E-state index in [-0.39, 0.29) is 30.6 Å². The number of thiazole rings is 1. The van der Waals surface area contributed by atoms with Crippen LogP contribution in [0.1, 0.15) is 23.2 Å². The number of rotatable bonds is 5. The molecule has 1 saturated heterocycles. The Labute approximate surface area is 181 Å². The molecule has 0 radical (unpaired) electrons. The van der Waals surface area contributed by atoms with Gasteiger partial charge in [-0.2, -0.15) is 0 Å². The average Bonchev–Trinajstić information content (AvgIpc) is 3.24. The van der Waals surface area contributed by atoms with E-state index in [9.17, 15) is 14.4 Å². The molecule has 0 unspecified atom stereocenters. The third-order valence-electron chi connectivity index (χ3n) is 4.55. The lowest BCUT2D eigenvalue weighted by atomic mass is 10.1. The summed E-state index contributed by atoms with van der Waals surface area (Å²) in [4.78, 5) is 41.7. The Morgan fingerprint density at radius 3 is 2.53 bits per heavy atom. The molecule has 0 saturated carbocycles. The summed E-state index contributed by atoms with van der Waals surface area (Å²) in [5, 5.41) is 6.42. The minimum absolute atomic E-state index is 0.167. The third-order valence-corrected chi connectivity index (χ3v) is 6.05. The van der Waals surface area contributed by atoms with Crippen LogP contribution in [0.2, 0.25) is 0 Å². The summed E-state index contributed by atoms with van der Waals surface area (Å²) in [5.41, 5.74) is 5.26. The van der Waals surface area contributed by atoms with Crippen LogP contribution in [0.25, 0.3) is 11.3 Å². The first-order valence-electron chi connectivity index (χ1n) is 9.17. The fourth-order valence-electron chi connectivity index (χ4n) is 2.94. The maximum Gasteiger partial charge on any atom is 0.257 e. The second kappa shape index (κ2) is 8.68. The molecule has 0 bridgehead atoms. The van der Waals surface area contributed by atoms with Crippen LogP contribution < -0.4 is 15.8 Å². The van der Waals surface area contributed by atoms with Gasteiger partial charge in [0.05, 0.1) is 11.4 Å². The van der Waals surface area contributed by atoms with Crippen LogP contribution in [0, 0.1) is 0 Å². The Kier molecular flexibility index (Phi) is 5.82. The SMILES string of the molecule is CSc1ccc(-c2csc(NC(=O)c3ccc(N4NC(=O)CCC4=O)cc3)n2)cc1. The van der Waals surface area contributed by atoms with Crippen molar-refractivity contribution in [1.82, 2.24) is 10.4 Å². The van der Waals surface area contributed by atoms with Gasteiger partial charge in [0.25, 0.3) is 5.91 Å². The van der Waals surface area contributed by atoms with Crippen molar-refractivity contribution in [2.45, 2.75) is 17.7 Å². The number of aromatic nitrogens is 1. The third kappa shape index (κ3) is 4.37. The van der Waals surface area contributed by atoms with E-state index >= 15 is 0 Å². The number of hydrazine groups is 1. The fourth-order valence-corrected chi connectivity index (χ4v) is 4.06. The van der Waals surface area contributed by atoms with Crippen LogP contribution in [0.4, 0.5) is 10.8 Å². The van der Waals surface area contributed by atoms with Gasteiger partial charge in [-0.05, 0) is 42.7 Å². The molecule has 2 N–H and O–H groups in total. The molecule has 1 aromatic heterocycles. The van der Waals surface area contributed by atoms with Crippen molar-refractivity contribution in [2.24, 2.45) is 0 Å². The molecule has 0 spiro atoms. The number of amides is 3. The van der Waals surface area contributed by atoms with Gasteiger partial charge in [-0.25, -0.2) is 9.99 Å². The molecule has 152 valence electrons. The molecule has 1 fully saturated rings. The highest BCUT2D eigenvalue weighted by Gasteiger charge is 2.24. The number of anilines is 2. The molecular formula is C21H18N4O3S2. The smallest absolute Gasteiger partial charge is 0.257 e. The normalized spacial score (nSPS) is 13.8. The van der Waals surface area contributed by atoms with Crippen LogP contribution in [-0.2, 0) is 9.59 Å². The van der Waals surface area contributed by atoms with E-state index in [2.05, 4.69) is 15.7 Å². The molecule has 9 heteroatoms. The number of hydrogen-bond acceptors (Lipinski definition) is 6. The summed E-state index contributed by atoms with van der Waals surface area (Å²) >= 11 is 3.03. The molecular weight excluding hydrogens is 420 g/mol. The van der Waals surface area contributed by atoms with Gasteiger partial charge in [-0.3, -0.25) is 25.1 Å². The summed E-state index contributed by atoms with van der Waals surface area (Å²) in [6.07, 6.45) is 2.38. The lowest BCUT2D eigenvalue weighted by Crippen LogP contribution is -2.50. The van der Waals surface area contributed by atoms with E-state index in [0.29, 0.717) is 16.4 Å². The molecule has 0 atom stereocenters. The van der Waals surface area contributed by atoms with E-state index in [1.807, 2.05) is 35.9 Å². The van der Waals surface area contributed by atoms with E-state index in [0.717, 1.165) is 11.3 Å². The summed E-state index contributed by atoms with van der Waals surface area (Å²) in [6, 6.07) is 14.5. The first-order chi connectivity index (χ1) is 14.5. The van der Waals surface area contributed by atoms with Gasteiger partial charge >= 0.3 is 0 Å². The predicted octanol–water partition coefficient (Wildman–Crippen LogP) is 3.94. The average molecular weight is 439 g/mol. The fraction of sp³-hybridized carbons (Fsp3) is 0.143. The molecule has 30 heavy (non-hydrogen) atoms. The van der Waals surface area contributed by atoms with Gasteiger partial charge in [0, 0.05) is 34.2 Å². The lowest BCUT2D eigenvalue weighted by molar-refractivity contribution is -0.130. The standard InChI is InChI=1S/C21H18N4O3S2/c1-29-16-8-4-13(5-9-16)17-12-30-21(22-17)23-20(28)14-2-6-15(7-3-14)25-19(27)11-10-18(26)24-25/h2-9,12H,10-11H2,1H3,(H,24,26)(H,22,23,28). The summed E-state index contributed by atoms with van der Waals surface area (Å²) in [7, 11) is 0. The van der Waals surface area contributed by atoms with Crippen molar-refractivity contribution in [3.8, 4) is 11.3 Å². The Morgan fingerprint density at radius 2 is 1.83 bits per heavy atom. The number of nitrogens with zero attached hydrogens (tertiary/aromatic N) is 2.